The van der Waals surface area contributed by atoms with Gasteiger partial charge in [-0.2, -0.15) is 0 Å². The van der Waals surface area contributed by atoms with Crippen molar-refractivity contribution in [2.45, 2.75) is 12.6 Å². The second-order valence-corrected chi connectivity index (χ2v) is 8.42. The second-order valence-electron chi connectivity index (χ2n) is 7.98. The Morgan fingerprint density at radius 3 is 2.46 bits per heavy atom. The highest BCUT2D eigenvalue weighted by molar-refractivity contribution is 6.46. The second kappa shape index (κ2) is 10.7. The van der Waals surface area contributed by atoms with Crippen LogP contribution in [-0.4, -0.2) is 42.0 Å². The van der Waals surface area contributed by atoms with Crippen molar-refractivity contribution in [3.05, 3.63) is 106 Å². The van der Waals surface area contributed by atoms with E-state index in [0.717, 1.165) is 5.56 Å². The van der Waals surface area contributed by atoms with Gasteiger partial charge in [0.15, 0.2) is 0 Å². The van der Waals surface area contributed by atoms with Gasteiger partial charge in [-0.1, -0.05) is 35.9 Å². The Morgan fingerprint density at radius 2 is 1.77 bits per heavy atom. The number of ether oxygens (including phenoxy) is 2. The molecule has 35 heavy (non-hydrogen) atoms. The lowest BCUT2D eigenvalue weighted by molar-refractivity contribution is -0.140. The number of ketones is 1. The Morgan fingerprint density at radius 1 is 1.06 bits per heavy atom. The summed E-state index contributed by atoms with van der Waals surface area (Å²) in [6.45, 7) is 0.577. The quantitative estimate of drug-likeness (QED) is 0.266. The molecule has 1 saturated heterocycles. The summed E-state index contributed by atoms with van der Waals surface area (Å²) in [6.07, 6.45) is 0. The number of Topliss-reactive ketones (excluding diaryl/α,β-unsaturated/α-hetero) is 1. The van der Waals surface area contributed by atoms with Gasteiger partial charge in [-0.05, 0) is 59.7 Å². The minimum absolute atomic E-state index is 0.0240. The lowest BCUT2D eigenvalue weighted by atomic mass is 9.95. The van der Waals surface area contributed by atoms with Crippen molar-refractivity contribution >= 4 is 29.1 Å². The van der Waals surface area contributed by atoms with Gasteiger partial charge in [-0.3, -0.25) is 9.59 Å². The SMILES string of the molecule is COCCN1C(=O)C(=O)/C(=C(\O)c2ccc(Cl)cc2)C1c1cccc(OCc2ccc(F)cc2)c1. The number of halogens is 2. The minimum atomic E-state index is -0.838. The van der Waals surface area contributed by atoms with E-state index in [9.17, 15) is 19.1 Å². The molecule has 1 aliphatic rings. The summed E-state index contributed by atoms with van der Waals surface area (Å²) in [7, 11) is 1.50. The summed E-state index contributed by atoms with van der Waals surface area (Å²) in [5, 5.41) is 11.5. The molecule has 1 unspecified atom stereocenters. The third-order valence-electron chi connectivity index (χ3n) is 5.69. The lowest BCUT2D eigenvalue weighted by Gasteiger charge is -2.25. The van der Waals surface area contributed by atoms with Crippen molar-refractivity contribution < 1.29 is 28.6 Å². The van der Waals surface area contributed by atoms with E-state index in [1.807, 2.05) is 0 Å². The fraction of sp³-hybridized carbons (Fsp3) is 0.185. The number of methoxy groups -OCH3 is 1. The fourth-order valence-electron chi connectivity index (χ4n) is 3.93. The van der Waals surface area contributed by atoms with Gasteiger partial charge in [0, 0.05) is 24.2 Å². The smallest absolute Gasteiger partial charge is 0.295 e. The molecule has 180 valence electrons. The van der Waals surface area contributed by atoms with Gasteiger partial charge in [-0.25, -0.2) is 4.39 Å². The summed E-state index contributed by atoms with van der Waals surface area (Å²) in [4.78, 5) is 27.3. The molecular weight excluding hydrogens is 473 g/mol. The van der Waals surface area contributed by atoms with Crippen molar-refractivity contribution in [2.24, 2.45) is 0 Å². The van der Waals surface area contributed by atoms with Gasteiger partial charge >= 0.3 is 0 Å². The number of aliphatic hydroxyl groups excluding tert-OH is 1. The molecular formula is C27H23ClFNO5. The van der Waals surface area contributed by atoms with Crippen LogP contribution in [0.25, 0.3) is 5.76 Å². The van der Waals surface area contributed by atoms with Gasteiger partial charge in [0.2, 0.25) is 0 Å². The highest BCUT2D eigenvalue weighted by atomic mass is 35.5. The first-order valence-corrected chi connectivity index (χ1v) is 11.3. The number of hydrogen-bond acceptors (Lipinski definition) is 5. The van der Waals surface area contributed by atoms with Gasteiger partial charge in [0.25, 0.3) is 11.7 Å². The van der Waals surface area contributed by atoms with E-state index in [2.05, 4.69) is 0 Å². The Balaban J connectivity index is 1.71. The Kier molecular flexibility index (Phi) is 7.48. The molecule has 0 aromatic heterocycles. The zero-order valence-electron chi connectivity index (χ0n) is 18.9. The molecule has 3 aromatic rings. The van der Waals surface area contributed by atoms with Crippen LogP contribution in [0.15, 0.2) is 78.4 Å². The Bertz CT molecular complexity index is 1260. The topological polar surface area (TPSA) is 76.1 Å². The molecule has 0 spiro atoms. The average molecular weight is 496 g/mol. The van der Waals surface area contributed by atoms with Crippen LogP contribution in [0, 0.1) is 5.82 Å². The highest BCUT2D eigenvalue weighted by Gasteiger charge is 2.46. The molecule has 3 aromatic carbocycles. The van der Waals surface area contributed by atoms with E-state index in [1.54, 1.807) is 60.7 Å². The average Bonchev–Trinajstić information content (AvgIpc) is 3.12. The van der Waals surface area contributed by atoms with E-state index in [-0.39, 0.29) is 36.9 Å². The maximum atomic E-state index is 13.2. The Hall–Kier alpha value is -3.68. The highest BCUT2D eigenvalue weighted by Crippen LogP contribution is 2.40. The van der Waals surface area contributed by atoms with Crippen LogP contribution in [0.4, 0.5) is 4.39 Å². The first kappa shape index (κ1) is 24.4. The molecule has 0 saturated carbocycles. The number of carbonyl (C=O) groups is 2. The molecule has 8 heteroatoms. The molecule has 6 nitrogen and oxygen atoms in total. The predicted molar refractivity (Wildman–Crippen MR) is 130 cm³/mol. The van der Waals surface area contributed by atoms with Crippen LogP contribution in [0.5, 0.6) is 5.75 Å². The third-order valence-corrected chi connectivity index (χ3v) is 5.94. The summed E-state index contributed by atoms with van der Waals surface area (Å²) in [5.41, 5.74) is 1.72. The van der Waals surface area contributed by atoms with Crippen LogP contribution in [-0.2, 0) is 20.9 Å². The molecule has 1 heterocycles. The molecule has 1 aliphatic heterocycles. The number of carbonyl (C=O) groups excluding carboxylic acids is 2. The number of hydrogen-bond donors (Lipinski definition) is 1. The number of amides is 1. The van der Waals surface area contributed by atoms with Gasteiger partial charge in [0.05, 0.1) is 18.2 Å². The molecule has 1 atom stereocenters. The van der Waals surface area contributed by atoms with Gasteiger partial charge in [0.1, 0.15) is 23.9 Å². The van der Waals surface area contributed by atoms with Crippen molar-refractivity contribution in [1.29, 1.82) is 0 Å². The van der Waals surface area contributed by atoms with E-state index in [0.29, 0.717) is 21.9 Å². The fourth-order valence-corrected chi connectivity index (χ4v) is 4.06. The van der Waals surface area contributed by atoms with Crippen LogP contribution >= 0.6 is 11.6 Å². The first-order chi connectivity index (χ1) is 16.9. The maximum Gasteiger partial charge on any atom is 0.295 e. The molecule has 1 fully saturated rings. The van der Waals surface area contributed by atoms with E-state index < -0.39 is 17.7 Å². The first-order valence-electron chi connectivity index (χ1n) is 10.9. The summed E-state index contributed by atoms with van der Waals surface area (Å²) in [5.74, 6) is -1.63. The molecule has 1 amide bonds. The minimum Gasteiger partial charge on any atom is -0.507 e. The molecule has 1 N–H and O–H groups in total. The third kappa shape index (κ3) is 5.37. The zero-order chi connectivity index (χ0) is 24.9. The monoisotopic (exact) mass is 495 g/mol. The molecule has 0 bridgehead atoms. The largest absolute Gasteiger partial charge is 0.507 e. The van der Waals surface area contributed by atoms with Gasteiger partial charge < -0.3 is 19.5 Å². The molecule has 0 aliphatic carbocycles. The Labute approximate surface area is 207 Å². The number of nitrogens with zero attached hydrogens (tertiary/aromatic N) is 1. The van der Waals surface area contributed by atoms with Crippen LogP contribution in [0.3, 0.4) is 0 Å². The molecule has 0 radical (unpaired) electrons. The van der Waals surface area contributed by atoms with Crippen LogP contribution in [0.2, 0.25) is 5.02 Å². The molecule has 4 rings (SSSR count). The number of benzene rings is 3. The lowest BCUT2D eigenvalue weighted by Crippen LogP contribution is -2.32. The van der Waals surface area contributed by atoms with Crippen molar-refractivity contribution in [3.63, 3.8) is 0 Å². The van der Waals surface area contributed by atoms with Crippen molar-refractivity contribution in [3.8, 4) is 5.75 Å². The van der Waals surface area contributed by atoms with Gasteiger partial charge in [-0.15, -0.1) is 0 Å². The van der Waals surface area contributed by atoms with Crippen LogP contribution < -0.4 is 4.74 Å². The van der Waals surface area contributed by atoms with Crippen molar-refractivity contribution in [2.75, 3.05) is 20.3 Å². The van der Waals surface area contributed by atoms with Crippen molar-refractivity contribution in [1.82, 2.24) is 4.90 Å². The van der Waals surface area contributed by atoms with Crippen LogP contribution in [0.1, 0.15) is 22.7 Å². The summed E-state index contributed by atoms with van der Waals surface area (Å²) in [6, 6.07) is 18.5. The van der Waals surface area contributed by atoms with E-state index in [4.69, 9.17) is 21.1 Å². The predicted octanol–water partition coefficient (Wildman–Crippen LogP) is 5.13. The standard InChI is InChI=1S/C27H23ClFNO5/c1-34-14-13-30-24(23(26(32)27(30)33)25(31)18-7-9-20(28)10-8-18)19-3-2-4-22(15-19)35-16-17-5-11-21(29)12-6-17/h2-12,15,24,31H,13-14,16H2,1H3/b25-23-. The number of likely N-dealkylation sites (tertiary alicyclic amines) is 1. The zero-order valence-corrected chi connectivity index (χ0v) is 19.7. The van der Waals surface area contributed by atoms with E-state index in [1.165, 1.54) is 24.1 Å². The maximum absolute atomic E-state index is 13.2. The van der Waals surface area contributed by atoms with E-state index >= 15 is 0 Å². The summed E-state index contributed by atoms with van der Waals surface area (Å²) >= 11 is 5.96. The summed E-state index contributed by atoms with van der Waals surface area (Å²) < 4.78 is 24.2. The number of aliphatic hydroxyl groups is 1. The number of rotatable bonds is 8. The normalized spacial score (nSPS) is 17.1.